The van der Waals surface area contributed by atoms with Gasteiger partial charge < -0.3 is 19.5 Å². The van der Waals surface area contributed by atoms with Crippen LogP contribution in [0.4, 0.5) is 15.3 Å². The molecular weight excluding hydrogens is 526 g/mol. The maximum absolute atomic E-state index is 14.1. The minimum absolute atomic E-state index is 0.134. The molecule has 40 heavy (non-hydrogen) atoms. The molecule has 0 aliphatic carbocycles. The molecule has 1 aromatic rings. The van der Waals surface area contributed by atoms with Gasteiger partial charge >= 0.3 is 24.1 Å². The van der Waals surface area contributed by atoms with Crippen LogP contribution in [0.5, 0.6) is 0 Å². The van der Waals surface area contributed by atoms with E-state index in [1.165, 1.54) is 20.8 Å². The Kier molecular flexibility index (Phi) is 8.22. The predicted molar refractivity (Wildman–Crippen MR) is 138 cm³/mol. The number of ether oxygens (including phenoxy) is 3. The number of benzene rings is 1. The fourth-order valence-electron chi connectivity index (χ4n) is 4.40. The van der Waals surface area contributed by atoms with Crippen LogP contribution in [0.15, 0.2) is 52.9 Å². The Morgan fingerprint density at radius 2 is 1.40 bits per heavy atom. The first-order valence-electron chi connectivity index (χ1n) is 12.2. The van der Waals surface area contributed by atoms with Crippen molar-refractivity contribution in [2.75, 3.05) is 19.0 Å². The number of para-hydroxylation sites is 1. The second-order valence-electron chi connectivity index (χ2n) is 9.71. The van der Waals surface area contributed by atoms with Crippen LogP contribution < -0.4 is 16.2 Å². The lowest BCUT2D eigenvalue weighted by molar-refractivity contribution is -0.153. The Morgan fingerprint density at radius 1 is 0.875 bits per heavy atom. The van der Waals surface area contributed by atoms with E-state index in [2.05, 4.69) is 16.2 Å². The SMILES string of the molecule is CCOC(=O)C1=C(C)N(NC(=O)OC(C)(C)C)C(=O)C12C(=O)N(NC(=O)Nc1ccccc1)C(C)=C2C(=O)OC. The van der Waals surface area contributed by atoms with E-state index in [4.69, 9.17) is 14.2 Å². The van der Waals surface area contributed by atoms with Gasteiger partial charge in [0.15, 0.2) is 5.41 Å². The normalized spacial score (nSPS) is 18.8. The van der Waals surface area contributed by atoms with Crippen LogP contribution in [0, 0.1) is 5.41 Å². The highest BCUT2D eigenvalue weighted by molar-refractivity contribution is 6.27. The maximum atomic E-state index is 14.1. The van der Waals surface area contributed by atoms with Crippen LogP contribution in [0.2, 0.25) is 0 Å². The van der Waals surface area contributed by atoms with Crippen LogP contribution in [0.1, 0.15) is 41.5 Å². The molecule has 14 nitrogen and oxygen atoms in total. The number of hydrazine groups is 2. The number of rotatable bonds is 6. The Labute approximate surface area is 230 Å². The summed E-state index contributed by atoms with van der Waals surface area (Å²) < 4.78 is 15.2. The van der Waals surface area contributed by atoms with E-state index in [0.717, 1.165) is 7.11 Å². The number of hydrogen-bond acceptors (Lipinski definition) is 9. The molecule has 1 unspecified atom stereocenters. The summed E-state index contributed by atoms with van der Waals surface area (Å²) in [7, 11) is 1.02. The third-order valence-corrected chi connectivity index (χ3v) is 5.91. The number of nitrogens with zero attached hydrogens (tertiary/aromatic N) is 2. The van der Waals surface area contributed by atoms with E-state index >= 15 is 0 Å². The van der Waals surface area contributed by atoms with Crippen molar-refractivity contribution in [3.05, 3.63) is 52.9 Å². The van der Waals surface area contributed by atoms with Crippen LogP contribution in [0.3, 0.4) is 0 Å². The molecule has 0 radical (unpaired) electrons. The summed E-state index contributed by atoms with van der Waals surface area (Å²) in [6, 6.07) is 7.40. The zero-order chi connectivity index (χ0) is 30.0. The van der Waals surface area contributed by atoms with Crippen molar-refractivity contribution < 1.29 is 43.0 Å². The first kappa shape index (κ1) is 29.7. The van der Waals surface area contributed by atoms with Crippen molar-refractivity contribution in [3.8, 4) is 0 Å². The highest BCUT2D eigenvalue weighted by atomic mass is 16.6. The van der Waals surface area contributed by atoms with Crippen molar-refractivity contribution in [2.24, 2.45) is 5.41 Å². The minimum Gasteiger partial charge on any atom is -0.466 e. The van der Waals surface area contributed by atoms with E-state index in [1.807, 2.05) is 0 Å². The van der Waals surface area contributed by atoms with Gasteiger partial charge in [0.1, 0.15) is 5.60 Å². The predicted octanol–water partition coefficient (Wildman–Crippen LogP) is 2.12. The summed E-state index contributed by atoms with van der Waals surface area (Å²) in [4.78, 5) is 79.9. The van der Waals surface area contributed by atoms with E-state index in [1.54, 1.807) is 51.1 Å². The molecule has 0 fully saturated rings. The van der Waals surface area contributed by atoms with Gasteiger partial charge in [0.2, 0.25) is 0 Å². The molecule has 5 amide bonds. The third-order valence-electron chi connectivity index (χ3n) is 5.91. The molecule has 0 saturated carbocycles. The van der Waals surface area contributed by atoms with Gasteiger partial charge in [0.25, 0.3) is 11.8 Å². The molecule has 1 aromatic carbocycles. The summed E-state index contributed by atoms with van der Waals surface area (Å²) in [6.45, 7) is 8.73. The maximum Gasteiger partial charge on any atom is 0.427 e. The number of methoxy groups -OCH3 is 1. The zero-order valence-corrected chi connectivity index (χ0v) is 23.2. The molecule has 214 valence electrons. The van der Waals surface area contributed by atoms with Gasteiger partial charge in [-0.3, -0.25) is 9.59 Å². The minimum atomic E-state index is -2.65. The highest BCUT2D eigenvalue weighted by Gasteiger charge is 2.70. The number of carbonyl (C=O) groups excluding carboxylic acids is 6. The molecule has 0 aromatic heterocycles. The first-order chi connectivity index (χ1) is 18.7. The van der Waals surface area contributed by atoms with Gasteiger partial charge in [-0.05, 0) is 53.7 Å². The highest BCUT2D eigenvalue weighted by Crippen LogP contribution is 2.52. The summed E-state index contributed by atoms with van der Waals surface area (Å²) in [5, 5.41) is 3.84. The largest absolute Gasteiger partial charge is 0.466 e. The molecule has 2 heterocycles. The molecule has 2 aliphatic rings. The van der Waals surface area contributed by atoms with E-state index in [-0.39, 0.29) is 18.0 Å². The van der Waals surface area contributed by atoms with Crippen molar-refractivity contribution in [2.45, 2.75) is 47.1 Å². The smallest absolute Gasteiger partial charge is 0.427 e. The lowest BCUT2D eigenvalue weighted by Crippen LogP contribution is -2.55. The van der Waals surface area contributed by atoms with E-state index in [9.17, 15) is 28.8 Å². The summed E-state index contributed by atoms with van der Waals surface area (Å²) in [6.07, 6.45) is -1.07. The fourth-order valence-corrected chi connectivity index (χ4v) is 4.40. The second kappa shape index (κ2) is 11.1. The van der Waals surface area contributed by atoms with Crippen molar-refractivity contribution in [1.29, 1.82) is 0 Å². The summed E-state index contributed by atoms with van der Waals surface area (Å²) >= 11 is 0. The number of amides is 5. The molecule has 2 aliphatic heterocycles. The van der Waals surface area contributed by atoms with Gasteiger partial charge in [-0.2, -0.15) is 0 Å². The van der Waals surface area contributed by atoms with Gasteiger partial charge in [0.05, 0.1) is 36.3 Å². The molecule has 1 spiro atoms. The first-order valence-corrected chi connectivity index (χ1v) is 12.2. The Bertz CT molecular complexity index is 1330. The third kappa shape index (κ3) is 5.19. The molecule has 1 atom stereocenters. The molecule has 3 N–H and O–H groups in total. The van der Waals surface area contributed by atoms with Crippen LogP contribution >= 0.6 is 0 Å². The second-order valence-corrected chi connectivity index (χ2v) is 9.71. The number of allylic oxidation sites excluding steroid dienone is 2. The van der Waals surface area contributed by atoms with Gasteiger partial charge in [0, 0.05) is 5.69 Å². The molecule has 14 heteroatoms. The summed E-state index contributed by atoms with van der Waals surface area (Å²) in [5.74, 6) is -4.58. The monoisotopic (exact) mass is 557 g/mol. The van der Waals surface area contributed by atoms with Crippen molar-refractivity contribution in [3.63, 3.8) is 0 Å². The lowest BCUT2D eigenvalue weighted by Gasteiger charge is -2.28. The lowest BCUT2D eigenvalue weighted by atomic mass is 9.74. The number of urea groups is 1. The molecule has 3 rings (SSSR count). The number of hydrogen-bond donors (Lipinski definition) is 3. The Morgan fingerprint density at radius 3 is 1.90 bits per heavy atom. The molecule has 0 saturated heterocycles. The summed E-state index contributed by atoms with van der Waals surface area (Å²) in [5.41, 5.74) is -0.138. The Balaban J connectivity index is 2.13. The van der Waals surface area contributed by atoms with E-state index < -0.39 is 58.0 Å². The van der Waals surface area contributed by atoms with E-state index in [0.29, 0.717) is 15.7 Å². The number of anilines is 1. The molecular formula is C26H31N5O9. The fraction of sp³-hybridized carbons (Fsp3) is 0.385. The topological polar surface area (TPSA) is 173 Å². The zero-order valence-electron chi connectivity index (χ0n) is 23.2. The van der Waals surface area contributed by atoms with Crippen molar-refractivity contribution in [1.82, 2.24) is 20.9 Å². The van der Waals surface area contributed by atoms with Crippen LogP contribution in [-0.4, -0.2) is 65.2 Å². The van der Waals surface area contributed by atoms with Gasteiger partial charge in [-0.25, -0.2) is 40.0 Å². The quantitative estimate of drug-likeness (QED) is 0.269. The van der Waals surface area contributed by atoms with Crippen molar-refractivity contribution >= 4 is 41.6 Å². The van der Waals surface area contributed by atoms with Gasteiger partial charge in [-0.15, -0.1) is 0 Å². The number of carbonyl (C=O) groups is 6. The number of nitrogens with one attached hydrogen (secondary N) is 3. The Hall–Kier alpha value is -4.88. The van der Waals surface area contributed by atoms with Crippen LogP contribution in [-0.2, 0) is 33.4 Å². The van der Waals surface area contributed by atoms with Crippen LogP contribution in [0.25, 0.3) is 0 Å². The number of esters is 2. The van der Waals surface area contributed by atoms with Gasteiger partial charge in [-0.1, -0.05) is 18.2 Å². The average Bonchev–Trinajstić information content (AvgIpc) is 3.21. The average molecular weight is 558 g/mol. The standard InChI is InChI=1S/C26H31N5O9/c1-8-39-20(33)18-15(3)31(29-24(37)40-25(4,5)6)22(35)26(18)17(19(32)38-7)14(2)30(21(26)34)28-23(36)27-16-12-10-9-11-13-16/h9-13H,8H2,1-7H3,(H,29,37)(H2,27,28,36). The molecule has 0 bridgehead atoms.